The van der Waals surface area contributed by atoms with Crippen molar-refractivity contribution in [1.29, 1.82) is 0 Å². The minimum atomic E-state index is 0.409. The molecule has 0 saturated carbocycles. The second kappa shape index (κ2) is 6.78. The number of nitrogen functional groups attached to an aromatic ring is 1. The Morgan fingerprint density at radius 2 is 1.94 bits per heavy atom. The SMILES string of the molecule is CCCCCNc1nc(NN)c(Cl)cc1Cl. The van der Waals surface area contributed by atoms with Crippen molar-refractivity contribution in [3.8, 4) is 0 Å². The van der Waals surface area contributed by atoms with E-state index in [9.17, 15) is 0 Å². The zero-order chi connectivity index (χ0) is 12.0. The molecule has 1 heterocycles. The van der Waals surface area contributed by atoms with E-state index in [2.05, 4.69) is 22.7 Å². The fourth-order valence-corrected chi connectivity index (χ4v) is 1.75. The number of nitrogens with one attached hydrogen (secondary N) is 2. The molecule has 4 N–H and O–H groups in total. The van der Waals surface area contributed by atoms with Crippen LogP contribution < -0.4 is 16.6 Å². The predicted octanol–water partition coefficient (Wildman–Crippen LogP) is 3.28. The lowest BCUT2D eigenvalue weighted by molar-refractivity contribution is 0.742. The van der Waals surface area contributed by atoms with E-state index in [1.54, 1.807) is 6.07 Å². The summed E-state index contributed by atoms with van der Waals surface area (Å²) in [5.74, 6) is 6.31. The van der Waals surface area contributed by atoms with Crippen LogP contribution in [0.3, 0.4) is 0 Å². The molecule has 0 fully saturated rings. The van der Waals surface area contributed by atoms with Gasteiger partial charge in [0.1, 0.15) is 5.82 Å². The zero-order valence-electron chi connectivity index (χ0n) is 9.19. The van der Waals surface area contributed by atoms with E-state index in [0.717, 1.165) is 13.0 Å². The van der Waals surface area contributed by atoms with Crippen molar-refractivity contribution >= 4 is 34.8 Å². The van der Waals surface area contributed by atoms with Crippen LogP contribution in [0, 0.1) is 0 Å². The van der Waals surface area contributed by atoms with Crippen LogP contribution in [-0.2, 0) is 0 Å². The van der Waals surface area contributed by atoms with E-state index >= 15 is 0 Å². The number of nitrogens with two attached hydrogens (primary N) is 1. The van der Waals surface area contributed by atoms with Crippen molar-refractivity contribution in [1.82, 2.24) is 4.98 Å². The average Bonchev–Trinajstić information content (AvgIpc) is 2.27. The third-order valence-corrected chi connectivity index (χ3v) is 2.72. The first-order chi connectivity index (χ1) is 7.69. The smallest absolute Gasteiger partial charge is 0.161 e. The van der Waals surface area contributed by atoms with Gasteiger partial charge in [0.15, 0.2) is 5.82 Å². The molecule has 0 aliphatic heterocycles. The summed E-state index contributed by atoms with van der Waals surface area (Å²) >= 11 is 11.9. The summed E-state index contributed by atoms with van der Waals surface area (Å²) in [6.07, 6.45) is 3.45. The minimum Gasteiger partial charge on any atom is -0.369 e. The second-order valence-corrected chi connectivity index (χ2v) is 4.24. The summed E-state index contributed by atoms with van der Waals surface area (Å²) in [7, 11) is 0. The molecule has 0 amide bonds. The fourth-order valence-electron chi connectivity index (χ4n) is 1.27. The molecule has 1 aromatic heterocycles. The third-order valence-electron chi connectivity index (χ3n) is 2.14. The lowest BCUT2D eigenvalue weighted by Crippen LogP contribution is -2.11. The Bertz CT molecular complexity index is 344. The van der Waals surface area contributed by atoms with E-state index in [1.807, 2.05) is 0 Å². The van der Waals surface area contributed by atoms with Crippen LogP contribution in [0.25, 0.3) is 0 Å². The van der Waals surface area contributed by atoms with Gasteiger partial charge >= 0.3 is 0 Å². The number of hydrogen-bond acceptors (Lipinski definition) is 4. The van der Waals surface area contributed by atoms with E-state index in [0.29, 0.717) is 21.7 Å². The maximum atomic E-state index is 5.99. The normalized spacial score (nSPS) is 10.2. The highest BCUT2D eigenvalue weighted by atomic mass is 35.5. The number of hydrazine groups is 1. The first-order valence-electron chi connectivity index (χ1n) is 5.25. The second-order valence-electron chi connectivity index (χ2n) is 3.43. The minimum absolute atomic E-state index is 0.409. The zero-order valence-corrected chi connectivity index (χ0v) is 10.7. The molecule has 0 bridgehead atoms. The van der Waals surface area contributed by atoms with Crippen LogP contribution >= 0.6 is 23.2 Å². The fraction of sp³-hybridized carbons (Fsp3) is 0.500. The Balaban J connectivity index is 2.64. The molecule has 6 heteroatoms. The van der Waals surface area contributed by atoms with Crippen molar-refractivity contribution in [3.05, 3.63) is 16.1 Å². The molecule has 0 aliphatic rings. The molecule has 0 unspecified atom stereocenters. The summed E-state index contributed by atoms with van der Waals surface area (Å²) in [6.45, 7) is 3.00. The summed E-state index contributed by atoms with van der Waals surface area (Å²) in [6, 6.07) is 1.62. The van der Waals surface area contributed by atoms with E-state index < -0.39 is 0 Å². The lowest BCUT2D eigenvalue weighted by Gasteiger charge is -2.10. The number of anilines is 2. The van der Waals surface area contributed by atoms with E-state index in [1.165, 1.54) is 12.8 Å². The molecule has 0 aliphatic carbocycles. The molecule has 4 nitrogen and oxygen atoms in total. The van der Waals surface area contributed by atoms with Gasteiger partial charge in [-0.3, -0.25) is 0 Å². The average molecular weight is 263 g/mol. The van der Waals surface area contributed by atoms with Crippen molar-refractivity contribution in [3.63, 3.8) is 0 Å². The Morgan fingerprint density at radius 1 is 1.25 bits per heavy atom. The number of halogens is 2. The topological polar surface area (TPSA) is 63.0 Å². The summed E-state index contributed by atoms with van der Waals surface area (Å²) in [5, 5.41) is 4.06. The molecule has 0 aromatic carbocycles. The standard InChI is InChI=1S/C10H16Cl2N4/c1-2-3-4-5-14-9-7(11)6-8(12)10(15-9)16-13/h6H,2-5,13H2,1H3,(H2,14,15,16). The quantitative estimate of drug-likeness (QED) is 0.418. The first kappa shape index (κ1) is 13.4. The predicted molar refractivity (Wildman–Crippen MR) is 70.1 cm³/mol. The maximum absolute atomic E-state index is 5.99. The van der Waals surface area contributed by atoms with Crippen LogP contribution in [0.2, 0.25) is 10.0 Å². The van der Waals surface area contributed by atoms with Gasteiger partial charge < -0.3 is 10.7 Å². The number of unbranched alkanes of at least 4 members (excludes halogenated alkanes) is 2. The van der Waals surface area contributed by atoms with Crippen LogP contribution in [-0.4, -0.2) is 11.5 Å². The van der Waals surface area contributed by atoms with Gasteiger partial charge in [-0.15, -0.1) is 0 Å². The highest BCUT2D eigenvalue weighted by molar-refractivity contribution is 6.37. The summed E-state index contributed by atoms with van der Waals surface area (Å²) < 4.78 is 0. The van der Waals surface area contributed by atoms with Gasteiger partial charge in [0.2, 0.25) is 0 Å². The molecule has 0 radical (unpaired) electrons. The van der Waals surface area contributed by atoms with Gasteiger partial charge in [0.25, 0.3) is 0 Å². The molecular formula is C10H16Cl2N4. The van der Waals surface area contributed by atoms with Crippen LogP contribution in [0.15, 0.2) is 6.07 Å². The van der Waals surface area contributed by atoms with Crippen molar-refractivity contribution in [2.45, 2.75) is 26.2 Å². The van der Waals surface area contributed by atoms with Gasteiger partial charge in [-0.05, 0) is 12.5 Å². The number of nitrogens with zero attached hydrogens (tertiary/aromatic N) is 1. The Morgan fingerprint density at radius 3 is 2.56 bits per heavy atom. The monoisotopic (exact) mass is 262 g/mol. The number of rotatable bonds is 6. The lowest BCUT2D eigenvalue weighted by atomic mass is 10.2. The number of aromatic nitrogens is 1. The van der Waals surface area contributed by atoms with E-state index in [4.69, 9.17) is 29.0 Å². The van der Waals surface area contributed by atoms with Crippen LogP contribution in [0.4, 0.5) is 11.6 Å². The Kier molecular flexibility index (Phi) is 5.66. The molecule has 1 rings (SSSR count). The molecular weight excluding hydrogens is 247 g/mol. The van der Waals surface area contributed by atoms with Crippen LogP contribution in [0.1, 0.15) is 26.2 Å². The Labute approximate surface area is 105 Å². The van der Waals surface area contributed by atoms with Gasteiger partial charge in [0, 0.05) is 6.54 Å². The van der Waals surface area contributed by atoms with Crippen LogP contribution in [0.5, 0.6) is 0 Å². The molecule has 0 atom stereocenters. The molecule has 16 heavy (non-hydrogen) atoms. The van der Waals surface area contributed by atoms with Gasteiger partial charge in [0.05, 0.1) is 10.0 Å². The summed E-state index contributed by atoms with van der Waals surface area (Å²) in [4.78, 5) is 4.18. The largest absolute Gasteiger partial charge is 0.369 e. The summed E-state index contributed by atoms with van der Waals surface area (Å²) in [5.41, 5.74) is 2.42. The Hall–Kier alpha value is -0.710. The highest BCUT2D eigenvalue weighted by Crippen LogP contribution is 2.28. The molecule has 0 saturated heterocycles. The van der Waals surface area contributed by atoms with Crippen molar-refractivity contribution in [2.24, 2.45) is 5.84 Å². The van der Waals surface area contributed by atoms with Gasteiger partial charge in [-0.2, -0.15) is 0 Å². The molecule has 90 valence electrons. The van der Waals surface area contributed by atoms with Gasteiger partial charge in [-0.25, -0.2) is 10.8 Å². The van der Waals surface area contributed by atoms with E-state index in [-0.39, 0.29) is 0 Å². The first-order valence-corrected chi connectivity index (χ1v) is 6.01. The third kappa shape index (κ3) is 3.70. The maximum Gasteiger partial charge on any atom is 0.161 e. The van der Waals surface area contributed by atoms with Crippen molar-refractivity contribution < 1.29 is 0 Å². The highest BCUT2D eigenvalue weighted by Gasteiger charge is 2.07. The molecule has 0 spiro atoms. The molecule has 1 aromatic rings. The number of pyridine rings is 1. The number of hydrogen-bond donors (Lipinski definition) is 3. The van der Waals surface area contributed by atoms with Gasteiger partial charge in [-0.1, -0.05) is 43.0 Å². The van der Waals surface area contributed by atoms with Crippen molar-refractivity contribution in [2.75, 3.05) is 17.3 Å².